The molecular formula is C23H27NO2. The number of carbonyl (C=O) groups is 1. The summed E-state index contributed by atoms with van der Waals surface area (Å²) in [7, 11) is 0. The zero-order valence-corrected chi connectivity index (χ0v) is 15.5. The molecule has 26 heavy (non-hydrogen) atoms. The molecule has 2 aromatic carbocycles. The molecule has 0 N–H and O–H groups in total. The van der Waals surface area contributed by atoms with Crippen molar-refractivity contribution in [1.29, 1.82) is 0 Å². The monoisotopic (exact) mass is 349 g/mol. The maximum atomic E-state index is 13.1. The van der Waals surface area contributed by atoms with Crippen molar-refractivity contribution in [3.8, 4) is 5.75 Å². The Kier molecular flexibility index (Phi) is 4.71. The molecule has 1 amide bonds. The van der Waals surface area contributed by atoms with Crippen LogP contribution in [0.3, 0.4) is 0 Å². The minimum Gasteiger partial charge on any atom is -0.494 e. The Bertz CT molecular complexity index is 750. The number of nitrogens with zero attached hydrogens (tertiary/aromatic N) is 1. The van der Waals surface area contributed by atoms with Gasteiger partial charge in [0.25, 0.3) is 0 Å². The van der Waals surface area contributed by atoms with E-state index in [-0.39, 0.29) is 5.41 Å². The quantitative estimate of drug-likeness (QED) is 0.776. The molecule has 2 aliphatic rings. The Morgan fingerprint density at radius 1 is 1.12 bits per heavy atom. The summed E-state index contributed by atoms with van der Waals surface area (Å²) in [6, 6.07) is 18.5. The average molecular weight is 349 g/mol. The van der Waals surface area contributed by atoms with Gasteiger partial charge in [-0.1, -0.05) is 48.0 Å². The third-order valence-electron chi connectivity index (χ3n) is 5.87. The number of aryl methyl sites for hydroxylation is 1. The lowest BCUT2D eigenvalue weighted by atomic mass is 9.94. The lowest BCUT2D eigenvalue weighted by Crippen LogP contribution is -2.37. The predicted molar refractivity (Wildman–Crippen MR) is 103 cm³/mol. The molecule has 2 aromatic rings. The van der Waals surface area contributed by atoms with E-state index >= 15 is 0 Å². The van der Waals surface area contributed by atoms with Crippen LogP contribution in [-0.2, 0) is 10.2 Å². The summed E-state index contributed by atoms with van der Waals surface area (Å²) in [5.74, 6) is 1.82. The van der Waals surface area contributed by atoms with Crippen LogP contribution in [0.2, 0.25) is 0 Å². The van der Waals surface area contributed by atoms with E-state index in [0.29, 0.717) is 11.8 Å². The maximum Gasteiger partial charge on any atom is 0.233 e. The lowest BCUT2D eigenvalue weighted by Gasteiger charge is -2.23. The van der Waals surface area contributed by atoms with Gasteiger partial charge in [0.05, 0.1) is 12.0 Å². The zero-order chi connectivity index (χ0) is 18.0. The van der Waals surface area contributed by atoms with Gasteiger partial charge in [0.15, 0.2) is 0 Å². The number of likely N-dealkylation sites (tertiary alicyclic amines) is 1. The summed E-state index contributed by atoms with van der Waals surface area (Å²) in [5.41, 5.74) is 2.21. The largest absolute Gasteiger partial charge is 0.494 e. The molecule has 4 rings (SSSR count). The topological polar surface area (TPSA) is 29.5 Å². The third kappa shape index (κ3) is 3.48. The second-order valence-corrected chi connectivity index (χ2v) is 7.80. The van der Waals surface area contributed by atoms with Crippen molar-refractivity contribution >= 4 is 5.91 Å². The fourth-order valence-electron chi connectivity index (χ4n) is 4.04. The SMILES string of the molecule is Cc1ccc(OCCC2CCN(C(=O)C3(c4ccccc4)CC3)C2)cc1. The minimum absolute atomic E-state index is 0.228. The van der Waals surface area contributed by atoms with Crippen LogP contribution in [-0.4, -0.2) is 30.5 Å². The van der Waals surface area contributed by atoms with Gasteiger partial charge < -0.3 is 9.64 Å². The summed E-state index contributed by atoms with van der Waals surface area (Å²) in [6.45, 7) is 4.57. The molecule has 1 heterocycles. The maximum absolute atomic E-state index is 13.1. The Labute approximate surface area is 156 Å². The van der Waals surface area contributed by atoms with E-state index in [0.717, 1.165) is 51.1 Å². The van der Waals surface area contributed by atoms with Crippen LogP contribution in [0.15, 0.2) is 54.6 Å². The van der Waals surface area contributed by atoms with Gasteiger partial charge >= 0.3 is 0 Å². The van der Waals surface area contributed by atoms with Crippen LogP contribution < -0.4 is 4.74 Å². The standard InChI is InChI=1S/C23H27NO2/c1-18-7-9-21(10-8-18)26-16-12-19-11-15-24(17-19)22(25)23(13-14-23)20-5-3-2-4-6-20/h2-10,19H,11-17H2,1H3. The van der Waals surface area contributed by atoms with E-state index in [1.54, 1.807) is 0 Å². The van der Waals surface area contributed by atoms with E-state index in [1.807, 2.05) is 30.3 Å². The second-order valence-electron chi connectivity index (χ2n) is 7.80. The van der Waals surface area contributed by atoms with E-state index in [9.17, 15) is 4.79 Å². The smallest absolute Gasteiger partial charge is 0.233 e. The second kappa shape index (κ2) is 7.14. The van der Waals surface area contributed by atoms with Gasteiger partial charge in [0.2, 0.25) is 5.91 Å². The highest BCUT2D eigenvalue weighted by atomic mass is 16.5. The molecule has 0 aromatic heterocycles. The first-order chi connectivity index (χ1) is 12.7. The molecular weight excluding hydrogens is 322 g/mol. The van der Waals surface area contributed by atoms with Gasteiger partial charge in [-0.25, -0.2) is 0 Å². The summed E-state index contributed by atoms with van der Waals surface area (Å²) < 4.78 is 5.86. The van der Waals surface area contributed by atoms with E-state index in [4.69, 9.17) is 4.74 Å². The average Bonchev–Trinajstić information content (AvgIpc) is 3.36. The number of rotatable bonds is 6. The van der Waals surface area contributed by atoms with Crippen molar-refractivity contribution in [1.82, 2.24) is 4.90 Å². The van der Waals surface area contributed by atoms with Gasteiger partial charge in [-0.3, -0.25) is 4.79 Å². The van der Waals surface area contributed by atoms with Gasteiger partial charge in [-0.05, 0) is 56.2 Å². The van der Waals surface area contributed by atoms with Crippen molar-refractivity contribution in [3.05, 3.63) is 65.7 Å². The number of amides is 1. The number of benzene rings is 2. The van der Waals surface area contributed by atoms with Crippen LogP contribution in [0.1, 0.15) is 36.8 Å². The van der Waals surface area contributed by atoms with Gasteiger partial charge in [-0.2, -0.15) is 0 Å². The number of hydrogen-bond acceptors (Lipinski definition) is 2. The summed E-state index contributed by atoms with van der Waals surface area (Å²) in [5, 5.41) is 0. The fourth-order valence-corrected chi connectivity index (χ4v) is 4.04. The predicted octanol–water partition coefficient (Wildman–Crippen LogP) is 4.34. The third-order valence-corrected chi connectivity index (χ3v) is 5.87. The molecule has 2 fully saturated rings. The van der Waals surface area contributed by atoms with Crippen molar-refractivity contribution in [3.63, 3.8) is 0 Å². The van der Waals surface area contributed by atoms with Crippen molar-refractivity contribution in [2.24, 2.45) is 5.92 Å². The van der Waals surface area contributed by atoms with E-state index < -0.39 is 0 Å². The van der Waals surface area contributed by atoms with Crippen LogP contribution >= 0.6 is 0 Å². The molecule has 3 nitrogen and oxygen atoms in total. The Morgan fingerprint density at radius 2 is 1.85 bits per heavy atom. The van der Waals surface area contributed by atoms with Crippen molar-refractivity contribution in [2.45, 2.75) is 38.0 Å². The molecule has 1 saturated carbocycles. The van der Waals surface area contributed by atoms with Gasteiger partial charge in [-0.15, -0.1) is 0 Å². The lowest BCUT2D eigenvalue weighted by molar-refractivity contribution is -0.133. The van der Waals surface area contributed by atoms with Crippen LogP contribution in [0, 0.1) is 12.8 Å². The summed E-state index contributed by atoms with van der Waals surface area (Å²) in [4.78, 5) is 15.2. The van der Waals surface area contributed by atoms with E-state index in [2.05, 4.69) is 36.1 Å². The molecule has 1 aliphatic heterocycles. The Balaban J connectivity index is 1.28. The van der Waals surface area contributed by atoms with Gasteiger partial charge in [0, 0.05) is 13.1 Å². The highest BCUT2D eigenvalue weighted by Gasteiger charge is 2.53. The van der Waals surface area contributed by atoms with Crippen molar-refractivity contribution in [2.75, 3.05) is 19.7 Å². The van der Waals surface area contributed by atoms with Crippen LogP contribution in [0.25, 0.3) is 0 Å². The molecule has 0 bridgehead atoms. The Morgan fingerprint density at radius 3 is 2.54 bits per heavy atom. The highest BCUT2D eigenvalue weighted by molar-refractivity contribution is 5.91. The first-order valence-electron chi connectivity index (χ1n) is 9.72. The molecule has 0 spiro atoms. The molecule has 0 radical (unpaired) electrons. The number of ether oxygens (including phenoxy) is 1. The van der Waals surface area contributed by atoms with Crippen LogP contribution in [0.4, 0.5) is 0 Å². The highest BCUT2D eigenvalue weighted by Crippen LogP contribution is 2.50. The molecule has 1 saturated heterocycles. The summed E-state index contributed by atoms with van der Waals surface area (Å²) >= 11 is 0. The summed E-state index contributed by atoms with van der Waals surface area (Å²) in [6.07, 6.45) is 4.09. The minimum atomic E-state index is -0.228. The first-order valence-corrected chi connectivity index (χ1v) is 9.72. The number of hydrogen-bond donors (Lipinski definition) is 0. The molecule has 1 atom stereocenters. The fraction of sp³-hybridized carbons (Fsp3) is 0.435. The first kappa shape index (κ1) is 17.1. The number of carbonyl (C=O) groups excluding carboxylic acids is 1. The zero-order valence-electron chi connectivity index (χ0n) is 15.5. The van der Waals surface area contributed by atoms with Crippen molar-refractivity contribution < 1.29 is 9.53 Å². The molecule has 136 valence electrons. The van der Waals surface area contributed by atoms with Crippen LogP contribution in [0.5, 0.6) is 5.75 Å². The normalized spacial score (nSPS) is 20.8. The molecule has 1 unspecified atom stereocenters. The molecule has 3 heteroatoms. The Hall–Kier alpha value is -2.29. The van der Waals surface area contributed by atoms with Gasteiger partial charge in [0.1, 0.15) is 5.75 Å². The van der Waals surface area contributed by atoms with E-state index in [1.165, 1.54) is 11.1 Å². The molecule has 1 aliphatic carbocycles.